The third-order valence-corrected chi connectivity index (χ3v) is 6.49. The molecule has 0 bridgehead atoms. The Hall–Kier alpha value is -4.03. The molecule has 1 atom stereocenters. The van der Waals surface area contributed by atoms with Gasteiger partial charge in [0.05, 0.1) is 6.54 Å². The number of aryl methyl sites for hydroxylation is 1. The number of benzene rings is 2. The second-order valence-corrected chi connectivity index (χ2v) is 9.32. The van der Waals surface area contributed by atoms with E-state index in [4.69, 9.17) is 16.0 Å². The van der Waals surface area contributed by atoms with Crippen LogP contribution in [0.5, 0.6) is 0 Å². The van der Waals surface area contributed by atoms with Gasteiger partial charge < -0.3 is 20.0 Å². The van der Waals surface area contributed by atoms with Crippen molar-refractivity contribution in [2.24, 2.45) is 4.99 Å². The van der Waals surface area contributed by atoms with Crippen LogP contribution in [0.25, 0.3) is 11.0 Å². The molecule has 10 heteroatoms. The number of carbonyl (C=O) groups excluding carboxylic acids is 2. The highest BCUT2D eigenvalue weighted by Crippen LogP contribution is 2.23. The van der Waals surface area contributed by atoms with Gasteiger partial charge in [0.15, 0.2) is 6.19 Å². The van der Waals surface area contributed by atoms with Crippen molar-refractivity contribution >= 4 is 46.0 Å². The summed E-state index contributed by atoms with van der Waals surface area (Å²) in [5.41, 5.74) is 2.41. The molecule has 2 amide bonds. The zero-order valence-electron chi connectivity index (χ0n) is 20.6. The highest BCUT2D eigenvalue weighted by Gasteiger charge is 2.28. The third-order valence-electron chi connectivity index (χ3n) is 6.12. The van der Waals surface area contributed by atoms with E-state index in [2.05, 4.69) is 20.9 Å². The molecular weight excluding hydrogens is 492 g/mol. The lowest BCUT2D eigenvalue weighted by atomic mass is 10.1. The standard InChI is InChI=1S/C27H29ClN6O3/c1-18-14-20-15-21(9-10-24(20)37-18)32-27(31-17-29)33-23-8-4-5-13-34(26(23)36)16-25(35)30-12-11-19-6-2-3-7-22(19)28/h2-3,6-7,9-10,14-15,23H,4-5,8,11-13,16H2,1H3,(H,30,35)(H2,31,32,33). The number of hydrogen-bond acceptors (Lipinski definition) is 5. The third kappa shape index (κ3) is 7.02. The smallest absolute Gasteiger partial charge is 0.247 e. The number of hydrogen-bond donors (Lipinski definition) is 3. The fraction of sp³-hybridized carbons (Fsp3) is 0.333. The second-order valence-electron chi connectivity index (χ2n) is 8.91. The van der Waals surface area contributed by atoms with Crippen LogP contribution in [0.1, 0.15) is 30.6 Å². The number of anilines is 1. The predicted molar refractivity (Wildman–Crippen MR) is 143 cm³/mol. The Morgan fingerprint density at radius 2 is 2.08 bits per heavy atom. The first-order valence-electron chi connectivity index (χ1n) is 12.2. The van der Waals surface area contributed by atoms with Crippen LogP contribution in [0.4, 0.5) is 5.69 Å². The summed E-state index contributed by atoms with van der Waals surface area (Å²) in [6.07, 6.45) is 4.56. The lowest BCUT2D eigenvalue weighted by Crippen LogP contribution is -2.44. The molecule has 1 saturated heterocycles. The summed E-state index contributed by atoms with van der Waals surface area (Å²) in [6.45, 7) is 2.73. The lowest BCUT2D eigenvalue weighted by Gasteiger charge is -2.22. The van der Waals surface area contributed by atoms with Crippen molar-refractivity contribution in [3.63, 3.8) is 0 Å². The minimum atomic E-state index is -0.707. The number of halogens is 1. The van der Waals surface area contributed by atoms with Gasteiger partial charge in [-0.15, -0.1) is 0 Å². The fourth-order valence-electron chi connectivity index (χ4n) is 4.32. The Morgan fingerprint density at radius 1 is 1.24 bits per heavy atom. The topological polar surface area (TPSA) is 123 Å². The molecule has 2 heterocycles. The van der Waals surface area contributed by atoms with Crippen molar-refractivity contribution in [3.05, 3.63) is 64.9 Å². The van der Waals surface area contributed by atoms with Gasteiger partial charge in [-0.1, -0.05) is 29.8 Å². The maximum absolute atomic E-state index is 13.3. The minimum absolute atomic E-state index is 0.0433. The van der Waals surface area contributed by atoms with E-state index in [1.54, 1.807) is 0 Å². The summed E-state index contributed by atoms with van der Waals surface area (Å²) < 4.78 is 5.61. The number of rotatable bonds is 7. The van der Waals surface area contributed by atoms with E-state index < -0.39 is 6.04 Å². The molecule has 2 aromatic carbocycles. The average Bonchev–Trinajstić information content (AvgIpc) is 3.16. The van der Waals surface area contributed by atoms with Gasteiger partial charge in [-0.05, 0) is 68.5 Å². The second kappa shape index (κ2) is 12.3. The lowest BCUT2D eigenvalue weighted by molar-refractivity contribution is -0.136. The number of carbonyl (C=O) groups is 2. The molecule has 9 nitrogen and oxygen atoms in total. The van der Waals surface area contributed by atoms with Crippen LogP contribution in [0.15, 0.2) is 57.9 Å². The van der Waals surface area contributed by atoms with Crippen molar-refractivity contribution in [3.8, 4) is 6.19 Å². The van der Waals surface area contributed by atoms with E-state index in [9.17, 15) is 14.9 Å². The van der Waals surface area contributed by atoms with Crippen LogP contribution in [0.3, 0.4) is 0 Å². The monoisotopic (exact) mass is 520 g/mol. The van der Waals surface area contributed by atoms with E-state index >= 15 is 0 Å². The molecule has 1 fully saturated rings. The van der Waals surface area contributed by atoms with E-state index in [1.807, 2.05) is 61.6 Å². The number of likely N-dealkylation sites (tertiary alicyclic amines) is 1. The summed E-state index contributed by atoms with van der Waals surface area (Å²) in [5.74, 6) is 0.501. The number of fused-ring (bicyclic) bond motifs is 1. The van der Waals surface area contributed by atoms with Gasteiger partial charge in [-0.3, -0.25) is 14.9 Å². The molecule has 0 spiro atoms. The number of guanidine groups is 1. The number of nitriles is 1. The highest BCUT2D eigenvalue weighted by atomic mass is 35.5. The first-order chi connectivity index (χ1) is 17.9. The number of furan rings is 1. The van der Waals surface area contributed by atoms with Crippen LogP contribution in [-0.4, -0.2) is 48.3 Å². The summed E-state index contributed by atoms with van der Waals surface area (Å²) in [4.78, 5) is 31.9. The summed E-state index contributed by atoms with van der Waals surface area (Å²) in [6, 6.07) is 14.2. The SMILES string of the molecule is Cc1cc2cc(NC(=NC3CCCCN(CC(=O)NCCc4ccccc4Cl)C3=O)NC#N)ccc2o1. The van der Waals surface area contributed by atoms with Crippen molar-refractivity contribution < 1.29 is 14.0 Å². The van der Waals surface area contributed by atoms with Crippen LogP contribution in [0, 0.1) is 18.4 Å². The number of amides is 2. The van der Waals surface area contributed by atoms with Gasteiger partial charge in [-0.2, -0.15) is 5.26 Å². The van der Waals surface area contributed by atoms with Crippen molar-refractivity contribution in [2.75, 3.05) is 25.0 Å². The summed E-state index contributed by atoms with van der Waals surface area (Å²) in [7, 11) is 0. The Labute approximate surface area is 220 Å². The maximum Gasteiger partial charge on any atom is 0.247 e. The number of aliphatic imine (C=N–C) groups is 1. The molecule has 192 valence electrons. The minimum Gasteiger partial charge on any atom is -0.461 e. The van der Waals surface area contributed by atoms with Gasteiger partial charge in [0.25, 0.3) is 0 Å². The van der Waals surface area contributed by atoms with E-state index in [1.165, 1.54) is 4.90 Å². The Morgan fingerprint density at radius 3 is 2.89 bits per heavy atom. The Kier molecular flexibility index (Phi) is 8.64. The maximum atomic E-state index is 13.3. The molecule has 1 unspecified atom stereocenters. The van der Waals surface area contributed by atoms with E-state index in [-0.39, 0.29) is 24.3 Å². The quantitative estimate of drug-likeness (QED) is 0.187. The van der Waals surface area contributed by atoms with Crippen LogP contribution >= 0.6 is 11.6 Å². The molecule has 1 aliphatic heterocycles. The zero-order valence-corrected chi connectivity index (χ0v) is 21.3. The van der Waals surface area contributed by atoms with Gasteiger partial charge in [0.2, 0.25) is 17.8 Å². The normalized spacial score (nSPS) is 16.2. The summed E-state index contributed by atoms with van der Waals surface area (Å²) >= 11 is 6.18. The molecule has 1 aliphatic rings. The van der Waals surface area contributed by atoms with Gasteiger partial charge in [0, 0.05) is 29.2 Å². The van der Waals surface area contributed by atoms with Crippen molar-refractivity contribution in [1.82, 2.24) is 15.5 Å². The van der Waals surface area contributed by atoms with Crippen LogP contribution in [0.2, 0.25) is 5.02 Å². The van der Waals surface area contributed by atoms with Crippen molar-refractivity contribution in [1.29, 1.82) is 5.26 Å². The molecular formula is C27H29ClN6O3. The average molecular weight is 521 g/mol. The van der Waals surface area contributed by atoms with Crippen molar-refractivity contribution in [2.45, 2.75) is 38.6 Å². The zero-order chi connectivity index (χ0) is 26.2. The highest BCUT2D eigenvalue weighted by molar-refractivity contribution is 6.31. The Bertz CT molecular complexity index is 1350. The van der Waals surface area contributed by atoms with Gasteiger partial charge >= 0.3 is 0 Å². The van der Waals surface area contributed by atoms with Gasteiger partial charge in [0.1, 0.15) is 17.4 Å². The molecule has 1 aromatic heterocycles. The molecule has 0 aliphatic carbocycles. The number of nitrogens with one attached hydrogen (secondary N) is 3. The van der Waals surface area contributed by atoms with Crippen LogP contribution < -0.4 is 16.0 Å². The van der Waals surface area contributed by atoms with Gasteiger partial charge in [-0.25, -0.2) is 4.99 Å². The number of nitrogens with zero attached hydrogens (tertiary/aromatic N) is 3. The molecule has 0 radical (unpaired) electrons. The molecule has 0 saturated carbocycles. The fourth-order valence-corrected chi connectivity index (χ4v) is 4.55. The summed E-state index contributed by atoms with van der Waals surface area (Å²) in [5, 5.41) is 19.3. The van der Waals surface area contributed by atoms with E-state index in [0.717, 1.165) is 35.1 Å². The van der Waals surface area contributed by atoms with Crippen LogP contribution in [-0.2, 0) is 16.0 Å². The largest absolute Gasteiger partial charge is 0.461 e. The first-order valence-corrected chi connectivity index (χ1v) is 12.6. The van der Waals surface area contributed by atoms with E-state index in [0.29, 0.717) is 36.6 Å². The molecule has 37 heavy (non-hydrogen) atoms. The predicted octanol–water partition coefficient (Wildman–Crippen LogP) is 3.97. The Balaban J connectivity index is 1.39. The molecule has 4 rings (SSSR count). The molecule has 3 aromatic rings. The first kappa shape index (κ1) is 26.0. The molecule has 3 N–H and O–H groups in total.